The van der Waals surface area contributed by atoms with Crippen LogP contribution >= 0.6 is 11.6 Å². The fourth-order valence-corrected chi connectivity index (χ4v) is 5.12. The van der Waals surface area contributed by atoms with Crippen LogP contribution in [0.2, 0.25) is 5.02 Å². The number of carbonyl (C=O) groups is 2. The minimum atomic E-state index is -0.0943. The van der Waals surface area contributed by atoms with E-state index in [0.717, 1.165) is 48.3 Å². The number of hydrogen-bond acceptors (Lipinski definition) is 4. The number of halogens is 1. The fourth-order valence-electron chi connectivity index (χ4n) is 4.90. The number of amides is 2. The topological polar surface area (TPSA) is 66.4 Å². The van der Waals surface area contributed by atoms with Crippen LogP contribution in [0.25, 0.3) is 0 Å². The third-order valence-electron chi connectivity index (χ3n) is 6.55. The normalized spacial score (nSPS) is 18.0. The second-order valence-electron chi connectivity index (χ2n) is 9.02. The molecular formula is C27H27ClN4O2. The van der Waals surface area contributed by atoms with Crippen LogP contribution in [0.3, 0.4) is 0 Å². The average molecular weight is 475 g/mol. The van der Waals surface area contributed by atoms with Crippen LogP contribution in [-0.2, 0) is 17.8 Å². The fraction of sp³-hybridized carbons (Fsp3) is 0.333. The molecule has 34 heavy (non-hydrogen) atoms. The van der Waals surface area contributed by atoms with E-state index in [1.807, 2.05) is 58.3 Å². The first kappa shape index (κ1) is 22.5. The lowest BCUT2D eigenvalue weighted by molar-refractivity contribution is -0.128. The number of nitrogens with zero attached hydrogens (tertiary/aromatic N) is 4. The number of aromatic nitrogens is 2. The molecule has 2 aliphatic heterocycles. The van der Waals surface area contributed by atoms with Crippen LogP contribution in [0.4, 0.5) is 0 Å². The van der Waals surface area contributed by atoms with E-state index in [1.165, 1.54) is 0 Å². The van der Waals surface area contributed by atoms with Crippen LogP contribution in [-0.4, -0.2) is 44.7 Å². The van der Waals surface area contributed by atoms with Crippen LogP contribution in [0, 0.1) is 0 Å². The van der Waals surface area contributed by atoms with Gasteiger partial charge >= 0.3 is 0 Å². The molecule has 1 aromatic heterocycles. The van der Waals surface area contributed by atoms with Gasteiger partial charge in [-0.3, -0.25) is 19.6 Å². The first-order chi connectivity index (χ1) is 16.6. The molecule has 1 atom stereocenters. The van der Waals surface area contributed by atoms with Gasteiger partial charge in [0, 0.05) is 49.3 Å². The minimum absolute atomic E-state index is 0.000794. The van der Waals surface area contributed by atoms with E-state index < -0.39 is 0 Å². The zero-order valence-corrected chi connectivity index (χ0v) is 19.7. The third-order valence-corrected chi connectivity index (χ3v) is 6.79. The van der Waals surface area contributed by atoms with E-state index >= 15 is 0 Å². The SMILES string of the molecule is O=C1CCCN1Cc1cccc(C(=O)N2CCCC2c2cncc(Cc3cccc(Cl)c3)n2)c1. The van der Waals surface area contributed by atoms with E-state index in [9.17, 15) is 9.59 Å². The summed E-state index contributed by atoms with van der Waals surface area (Å²) >= 11 is 6.12. The Morgan fingerprint density at radius 2 is 1.88 bits per heavy atom. The van der Waals surface area contributed by atoms with Crippen molar-refractivity contribution in [3.63, 3.8) is 0 Å². The summed E-state index contributed by atoms with van der Waals surface area (Å²) in [5.41, 5.74) is 4.39. The molecule has 2 amide bonds. The highest BCUT2D eigenvalue weighted by atomic mass is 35.5. The first-order valence-corrected chi connectivity index (χ1v) is 12.2. The molecule has 7 heteroatoms. The maximum Gasteiger partial charge on any atom is 0.254 e. The third kappa shape index (κ3) is 4.97. The maximum absolute atomic E-state index is 13.5. The molecule has 0 radical (unpaired) electrons. The van der Waals surface area contributed by atoms with Crippen LogP contribution in [0.15, 0.2) is 60.9 Å². The molecule has 1 unspecified atom stereocenters. The molecule has 0 N–H and O–H groups in total. The van der Waals surface area contributed by atoms with E-state index in [2.05, 4.69) is 4.98 Å². The van der Waals surface area contributed by atoms with E-state index in [0.29, 0.717) is 36.5 Å². The van der Waals surface area contributed by atoms with Crippen LogP contribution in [0.5, 0.6) is 0 Å². The van der Waals surface area contributed by atoms with Crippen molar-refractivity contribution >= 4 is 23.4 Å². The number of rotatable bonds is 6. The molecule has 0 spiro atoms. The monoisotopic (exact) mass is 474 g/mol. The second-order valence-corrected chi connectivity index (χ2v) is 9.45. The van der Waals surface area contributed by atoms with Gasteiger partial charge in [-0.25, -0.2) is 0 Å². The summed E-state index contributed by atoms with van der Waals surface area (Å²) in [6, 6.07) is 15.3. The van der Waals surface area contributed by atoms with Crippen LogP contribution < -0.4 is 0 Å². The van der Waals surface area contributed by atoms with Gasteiger partial charge in [0.1, 0.15) is 0 Å². The van der Waals surface area contributed by atoms with Gasteiger partial charge < -0.3 is 9.80 Å². The van der Waals surface area contributed by atoms with Crippen molar-refractivity contribution in [2.45, 2.75) is 44.7 Å². The number of carbonyl (C=O) groups excluding carboxylic acids is 2. The first-order valence-electron chi connectivity index (χ1n) is 11.8. The number of likely N-dealkylation sites (tertiary alicyclic amines) is 2. The summed E-state index contributed by atoms with van der Waals surface area (Å²) in [6.07, 6.45) is 7.50. The highest BCUT2D eigenvalue weighted by molar-refractivity contribution is 6.30. The van der Waals surface area contributed by atoms with Gasteiger partial charge in [0.25, 0.3) is 5.91 Å². The largest absolute Gasteiger partial charge is 0.338 e. The Labute approximate surface area is 204 Å². The van der Waals surface area contributed by atoms with Gasteiger partial charge in [-0.05, 0) is 54.7 Å². The highest BCUT2D eigenvalue weighted by Gasteiger charge is 2.32. The van der Waals surface area contributed by atoms with Crippen molar-refractivity contribution in [3.8, 4) is 0 Å². The molecule has 5 rings (SSSR count). The molecule has 3 aromatic rings. The van der Waals surface area contributed by atoms with E-state index in [4.69, 9.17) is 16.6 Å². The second kappa shape index (κ2) is 9.94. The summed E-state index contributed by atoms with van der Waals surface area (Å²) in [7, 11) is 0. The van der Waals surface area contributed by atoms with Crippen LogP contribution in [0.1, 0.15) is 64.6 Å². The van der Waals surface area contributed by atoms with Gasteiger partial charge in [-0.15, -0.1) is 0 Å². The summed E-state index contributed by atoms with van der Waals surface area (Å²) in [4.78, 5) is 38.5. The zero-order valence-electron chi connectivity index (χ0n) is 19.0. The molecule has 2 aromatic carbocycles. The molecule has 2 aliphatic rings. The molecule has 0 aliphatic carbocycles. The Morgan fingerprint density at radius 3 is 2.71 bits per heavy atom. The predicted molar refractivity (Wildman–Crippen MR) is 130 cm³/mol. The predicted octanol–water partition coefficient (Wildman–Crippen LogP) is 4.82. The summed E-state index contributed by atoms with van der Waals surface area (Å²) in [5, 5.41) is 0.700. The number of benzene rings is 2. The molecule has 3 heterocycles. The van der Waals surface area contributed by atoms with Crippen molar-refractivity contribution in [1.29, 1.82) is 0 Å². The summed E-state index contributed by atoms with van der Waals surface area (Å²) < 4.78 is 0. The van der Waals surface area contributed by atoms with Gasteiger partial charge in [0.05, 0.1) is 23.6 Å². The smallest absolute Gasteiger partial charge is 0.254 e. The molecule has 6 nitrogen and oxygen atoms in total. The van der Waals surface area contributed by atoms with Crippen molar-refractivity contribution in [2.75, 3.05) is 13.1 Å². The Hall–Kier alpha value is -3.25. The van der Waals surface area contributed by atoms with Gasteiger partial charge in [0.2, 0.25) is 5.91 Å². The quantitative estimate of drug-likeness (QED) is 0.513. The zero-order chi connectivity index (χ0) is 23.5. The Balaban J connectivity index is 1.32. The van der Waals surface area contributed by atoms with Crippen molar-refractivity contribution < 1.29 is 9.59 Å². The molecular weight excluding hydrogens is 448 g/mol. The Kier molecular flexibility index (Phi) is 6.59. The lowest BCUT2D eigenvalue weighted by Gasteiger charge is -2.25. The standard InChI is InChI=1S/C27H27ClN4O2/c28-22-8-2-5-19(14-22)15-23-16-29-17-24(30-23)25-9-3-12-32(25)27(34)21-7-1-6-20(13-21)18-31-11-4-10-26(31)33/h1-2,5-8,13-14,16-17,25H,3-4,9-12,15,18H2. The van der Waals surface area contributed by atoms with Crippen molar-refractivity contribution in [1.82, 2.24) is 19.8 Å². The molecule has 174 valence electrons. The molecule has 2 saturated heterocycles. The Morgan fingerprint density at radius 1 is 1.03 bits per heavy atom. The number of hydrogen-bond donors (Lipinski definition) is 0. The van der Waals surface area contributed by atoms with Gasteiger partial charge in [-0.1, -0.05) is 35.9 Å². The van der Waals surface area contributed by atoms with Gasteiger partial charge in [0.15, 0.2) is 0 Å². The lowest BCUT2D eigenvalue weighted by atomic mass is 10.1. The Bertz CT molecular complexity index is 1210. The summed E-state index contributed by atoms with van der Waals surface area (Å²) in [5.74, 6) is 0.187. The average Bonchev–Trinajstić information content (AvgIpc) is 3.48. The highest BCUT2D eigenvalue weighted by Crippen LogP contribution is 2.32. The van der Waals surface area contributed by atoms with Crippen molar-refractivity contribution in [2.24, 2.45) is 0 Å². The maximum atomic E-state index is 13.5. The van der Waals surface area contributed by atoms with E-state index in [-0.39, 0.29) is 17.9 Å². The molecule has 0 saturated carbocycles. The molecule has 0 bridgehead atoms. The lowest BCUT2D eigenvalue weighted by Crippen LogP contribution is -2.31. The van der Waals surface area contributed by atoms with Crippen molar-refractivity contribution in [3.05, 3.63) is 94.0 Å². The molecule has 2 fully saturated rings. The van der Waals surface area contributed by atoms with Gasteiger partial charge in [-0.2, -0.15) is 0 Å². The van der Waals surface area contributed by atoms with E-state index in [1.54, 1.807) is 12.4 Å². The summed E-state index contributed by atoms with van der Waals surface area (Å²) in [6.45, 7) is 2.04. The minimum Gasteiger partial charge on any atom is -0.338 e.